The summed E-state index contributed by atoms with van der Waals surface area (Å²) in [5.41, 5.74) is 3.00. The Morgan fingerprint density at radius 2 is 2.19 bits per heavy atom. The molecule has 1 aliphatic heterocycles. The summed E-state index contributed by atoms with van der Waals surface area (Å²) < 4.78 is 0. The molecular formula is C17H20N2OS. The average molecular weight is 300 g/mol. The van der Waals surface area contributed by atoms with Crippen molar-refractivity contribution in [1.82, 2.24) is 4.90 Å². The molecule has 0 spiro atoms. The highest BCUT2D eigenvalue weighted by Crippen LogP contribution is 2.36. The highest BCUT2D eigenvalue weighted by Gasteiger charge is 2.31. The minimum absolute atomic E-state index is 0.128. The molecule has 0 aliphatic carbocycles. The third-order valence-corrected chi connectivity index (χ3v) is 5.17. The van der Waals surface area contributed by atoms with Gasteiger partial charge in [-0.25, -0.2) is 0 Å². The molecule has 0 radical (unpaired) electrons. The SMILES string of the molecule is CCC1c2ccsc2CCN1C(=O)c1ccccc1NC. The number of carbonyl (C=O) groups is 1. The van der Waals surface area contributed by atoms with Crippen molar-refractivity contribution in [3.63, 3.8) is 0 Å². The third-order valence-electron chi connectivity index (χ3n) is 4.17. The summed E-state index contributed by atoms with van der Waals surface area (Å²) in [5.74, 6) is 0.128. The summed E-state index contributed by atoms with van der Waals surface area (Å²) in [7, 11) is 1.86. The zero-order valence-corrected chi connectivity index (χ0v) is 13.2. The van der Waals surface area contributed by atoms with Crippen LogP contribution in [0, 0.1) is 0 Å². The maximum absolute atomic E-state index is 13.0. The van der Waals surface area contributed by atoms with Crippen LogP contribution in [0.2, 0.25) is 0 Å². The largest absolute Gasteiger partial charge is 0.387 e. The fraction of sp³-hybridized carbons (Fsp3) is 0.353. The molecule has 1 aliphatic rings. The number of nitrogens with zero attached hydrogens (tertiary/aromatic N) is 1. The highest BCUT2D eigenvalue weighted by atomic mass is 32.1. The van der Waals surface area contributed by atoms with Gasteiger partial charge in [-0.15, -0.1) is 11.3 Å². The van der Waals surface area contributed by atoms with Crippen LogP contribution in [0.4, 0.5) is 5.69 Å². The van der Waals surface area contributed by atoms with Gasteiger partial charge in [0.05, 0.1) is 11.6 Å². The van der Waals surface area contributed by atoms with E-state index in [1.165, 1.54) is 10.4 Å². The first-order valence-electron chi connectivity index (χ1n) is 7.40. The van der Waals surface area contributed by atoms with Crippen LogP contribution in [0.5, 0.6) is 0 Å². The van der Waals surface area contributed by atoms with Crippen molar-refractivity contribution < 1.29 is 4.79 Å². The van der Waals surface area contributed by atoms with Crippen LogP contribution in [-0.4, -0.2) is 24.4 Å². The van der Waals surface area contributed by atoms with Crippen molar-refractivity contribution in [2.24, 2.45) is 0 Å². The Balaban J connectivity index is 1.95. The van der Waals surface area contributed by atoms with Crippen LogP contribution in [0.1, 0.15) is 40.2 Å². The summed E-state index contributed by atoms with van der Waals surface area (Å²) in [5, 5.41) is 5.26. The highest BCUT2D eigenvalue weighted by molar-refractivity contribution is 7.10. The smallest absolute Gasteiger partial charge is 0.256 e. The van der Waals surface area contributed by atoms with E-state index in [-0.39, 0.29) is 11.9 Å². The Hall–Kier alpha value is -1.81. The van der Waals surface area contributed by atoms with Crippen molar-refractivity contribution in [3.05, 3.63) is 51.7 Å². The fourth-order valence-electron chi connectivity index (χ4n) is 3.12. The Labute approximate surface area is 129 Å². The molecule has 2 heterocycles. The number of benzene rings is 1. The standard InChI is InChI=1S/C17H20N2OS/c1-3-15-13-9-11-21-16(13)8-10-19(15)17(20)12-6-4-5-7-14(12)18-2/h4-7,9,11,15,18H,3,8,10H2,1-2H3. The predicted octanol–water partition coefficient (Wildman–Crippen LogP) is 3.94. The zero-order valence-electron chi connectivity index (χ0n) is 12.4. The maximum Gasteiger partial charge on any atom is 0.256 e. The molecule has 4 heteroatoms. The monoisotopic (exact) mass is 300 g/mol. The van der Waals surface area contributed by atoms with Crippen LogP contribution in [0.3, 0.4) is 0 Å². The van der Waals surface area contributed by atoms with Gasteiger partial charge in [-0.3, -0.25) is 4.79 Å². The topological polar surface area (TPSA) is 32.3 Å². The predicted molar refractivity (Wildman–Crippen MR) is 88.1 cm³/mol. The van der Waals surface area contributed by atoms with Crippen molar-refractivity contribution >= 4 is 22.9 Å². The number of hydrogen-bond donors (Lipinski definition) is 1. The Morgan fingerprint density at radius 1 is 1.38 bits per heavy atom. The number of anilines is 1. The maximum atomic E-state index is 13.0. The van der Waals surface area contributed by atoms with Gasteiger partial charge in [0.1, 0.15) is 0 Å². The molecule has 110 valence electrons. The summed E-state index contributed by atoms with van der Waals surface area (Å²) in [6.45, 7) is 2.96. The number of nitrogens with one attached hydrogen (secondary N) is 1. The quantitative estimate of drug-likeness (QED) is 0.931. The van der Waals surface area contributed by atoms with Gasteiger partial charge < -0.3 is 10.2 Å². The van der Waals surface area contributed by atoms with Gasteiger partial charge in [0, 0.05) is 24.2 Å². The van der Waals surface area contributed by atoms with E-state index >= 15 is 0 Å². The molecule has 0 fully saturated rings. The molecule has 1 aromatic heterocycles. The van der Waals surface area contributed by atoms with Crippen LogP contribution < -0.4 is 5.32 Å². The lowest BCUT2D eigenvalue weighted by molar-refractivity contribution is 0.0658. The van der Waals surface area contributed by atoms with Gasteiger partial charge in [0.15, 0.2) is 0 Å². The number of hydrogen-bond acceptors (Lipinski definition) is 3. The van der Waals surface area contributed by atoms with E-state index < -0.39 is 0 Å². The van der Waals surface area contributed by atoms with E-state index in [2.05, 4.69) is 23.7 Å². The van der Waals surface area contributed by atoms with Crippen LogP contribution in [-0.2, 0) is 6.42 Å². The van der Waals surface area contributed by atoms with Gasteiger partial charge in [0.25, 0.3) is 5.91 Å². The fourth-order valence-corrected chi connectivity index (χ4v) is 4.05. The number of thiophene rings is 1. The second kappa shape index (κ2) is 5.90. The Bertz CT molecular complexity index is 650. The number of rotatable bonds is 3. The van der Waals surface area contributed by atoms with Gasteiger partial charge in [-0.05, 0) is 42.0 Å². The molecule has 2 aromatic rings. The van der Waals surface area contributed by atoms with E-state index in [4.69, 9.17) is 0 Å². The third kappa shape index (κ3) is 2.44. The molecule has 1 amide bonds. The second-order valence-electron chi connectivity index (χ2n) is 5.27. The van der Waals surface area contributed by atoms with Gasteiger partial charge in [-0.2, -0.15) is 0 Å². The van der Waals surface area contributed by atoms with Crippen molar-refractivity contribution in [3.8, 4) is 0 Å². The van der Waals surface area contributed by atoms with Gasteiger partial charge in [0.2, 0.25) is 0 Å². The van der Waals surface area contributed by atoms with E-state index in [9.17, 15) is 4.79 Å². The van der Waals surface area contributed by atoms with E-state index in [1.54, 1.807) is 0 Å². The van der Waals surface area contributed by atoms with E-state index in [1.807, 2.05) is 47.5 Å². The van der Waals surface area contributed by atoms with Crippen molar-refractivity contribution in [1.29, 1.82) is 0 Å². The minimum Gasteiger partial charge on any atom is -0.387 e. The van der Waals surface area contributed by atoms with E-state index in [0.29, 0.717) is 0 Å². The lowest BCUT2D eigenvalue weighted by Crippen LogP contribution is -2.39. The molecule has 1 aromatic carbocycles. The first kappa shape index (κ1) is 14.1. The Morgan fingerprint density at radius 3 is 2.95 bits per heavy atom. The number of carbonyl (C=O) groups excluding carboxylic acids is 1. The lowest BCUT2D eigenvalue weighted by Gasteiger charge is -2.35. The number of amides is 1. The van der Waals surface area contributed by atoms with Crippen molar-refractivity contribution in [2.45, 2.75) is 25.8 Å². The zero-order chi connectivity index (χ0) is 14.8. The summed E-state index contributed by atoms with van der Waals surface area (Å²) in [6, 6.07) is 10.1. The molecular weight excluding hydrogens is 280 g/mol. The van der Waals surface area contributed by atoms with Crippen LogP contribution in [0.25, 0.3) is 0 Å². The lowest BCUT2D eigenvalue weighted by atomic mass is 9.96. The average Bonchev–Trinajstić information content (AvgIpc) is 3.01. The first-order chi connectivity index (χ1) is 10.3. The molecule has 0 bridgehead atoms. The summed E-state index contributed by atoms with van der Waals surface area (Å²) in [4.78, 5) is 16.4. The molecule has 21 heavy (non-hydrogen) atoms. The van der Waals surface area contributed by atoms with E-state index in [0.717, 1.165) is 30.6 Å². The second-order valence-corrected chi connectivity index (χ2v) is 6.27. The normalized spacial score (nSPS) is 17.4. The van der Waals surface area contributed by atoms with Crippen molar-refractivity contribution in [2.75, 3.05) is 18.9 Å². The molecule has 0 saturated carbocycles. The minimum atomic E-state index is 0.128. The molecule has 1 unspecified atom stereocenters. The summed E-state index contributed by atoms with van der Waals surface area (Å²) in [6.07, 6.45) is 1.92. The van der Waals surface area contributed by atoms with Crippen LogP contribution >= 0.6 is 11.3 Å². The summed E-state index contributed by atoms with van der Waals surface area (Å²) >= 11 is 1.81. The molecule has 3 rings (SSSR count). The van der Waals surface area contributed by atoms with Gasteiger partial charge in [-0.1, -0.05) is 19.1 Å². The molecule has 1 N–H and O–H groups in total. The molecule has 0 saturated heterocycles. The number of fused-ring (bicyclic) bond motifs is 1. The molecule has 1 atom stereocenters. The Kier molecular flexibility index (Phi) is 3.97. The first-order valence-corrected chi connectivity index (χ1v) is 8.28. The number of para-hydroxylation sites is 1. The van der Waals surface area contributed by atoms with Crippen LogP contribution in [0.15, 0.2) is 35.7 Å². The van der Waals surface area contributed by atoms with Gasteiger partial charge >= 0.3 is 0 Å². The molecule has 3 nitrogen and oxygen atoms in total.